The van der Waals surface area contributed by atoms with Gasteiger partial charge in [0, 0.05) is 23.9 Å². The van der Waals surface area contributed by atoms with E-state index in [9.17, 15) is 4.79 Å². The molecule has 3 heterocycles. The van der Waals surface area contributed by atoms with E-state index in [1.54, 1.807) is 7.11 Å². The summed E-state index contributed by atoms with van der Waals surface area (Å²) in [6, 6.07) is 7.65. The van der Waals surface area contributed by atoms with Crippen LogP contribution in [0.3, 0.4) is 0 Å². The summed E-state index contributed by atoms with van der Waals surface area (Å²) in [5.41, 5.74) is 7.55. The van der Waals surface area contributed by atoms with Crippen molar-refractivity contribution < 1.29 is 14.3 Å². The number of methoxy groups -OCH3 is 1. The molecule has 0 unspecified atom stereocenters. The zero-order chi connectivity index (χ0) is 17.4. The van der Waals surface area contributed by atoms with Gasteiger partial charge >= 0.3 is 0 Å². The van der Waals surface area contributed by atoms with Gasteiger partial charge in [0.25, 0.3) is 5.91 Å². The molecule has 3 aromatic rings. The summed E-state index contributed by atoms with van der Waals surface area (Å²) < 4.78 is 10.8. The zero-order valence-electron chi connectivity index (χ0n) is 13.9. The van der Waals surface area contributed by atoms with Gasteiger partial charge in [0.05, 0.1) is 24.4 Å². The van der Waals surface area contributed by atoms with Crippen LogP contribution in [0.5, 0.6) is 5.75 Å². The van der Waals surface area contributed by atoms with Crippen LogP contribution in [0.1, 0.15) is 22.5 Å². The van der Waals surface area contributed by atoms with Crippen molar-refractivity contribution in [3.63, 3.8) is 0 Å². The average molecular weight is 357 g/mol. The van der Waals surface area contributed by atoms with Gasteiger partial charge in [0.15, 0.2) is 0 Å². The predicted octanol–water partition coefficient (Wildman–Crippen LogP) is 2.95. The Kier molecular flexibility index (Phi) is 4.19. The van der Waals surface area contributed by atoms with Crippen molar-refractivity contribution in [2.24, 2.45) is 0 Å². The number of nitrogen functional groups attached to an aromatic ring is 1. The van der Waals surface area contributed by atoms with Gasteiger partial charge in [-0.25, -0.2) is 4.98 Å². The summed E-state index contributed by atoms with van der Waals surface area (Å²) in [7, 11) is 1.63. The standard InChI is InChI=1S/C18H19N3O3S/c1-23-11-4-5-14-10(7-11)8-13-15(19)16(25-18(13)21-14)17(22)20-9-12-3-2-6-24-12/h4-5,7-8,12H,2-3,6,9,19H2,1H3,(H,20,22)/t12-/m1/s1. The van der Waals surface area contributed by atoms with Gasteiger partial charge in [-0.2, -0.15) is 0 Å². The Bertz CT molecular complexity index is 948. The Balaban J connectivity index is 1.66. The number of nitrogens with one attached hydrogen (secondary N) is 1. The fourth-order valence-corrected chi connectivity index (χ4v) is 4.07. The molecule has 1 aliphatic heterocycles. The number of nitrogens with zero attached hydrogens (tertiary/aromatic N) is 1. The largest absolute Gasteiger partial charge is 0.497 e. The highest BCUT2D eigenvalue weighted by Crippen LogP contribution is 2.35. The number of hydrogen-bond acceptors (Lipinski definition) is 6. The number of pyridine rings is 1. The number of fused-ring (bicyclic) bond motifs is 2. The Morgan fingerprint density at radius 2 is 2.36 bits per heavy atom. The van der Waals surface area contributed by atoms with Crippen LogP contribution in [-0.2, 0) is 4.74 Å². The number of benzene rings is 1. The second kappa shape index (κ2) is 6.50. The van der Waals surface area contributed by atoms with Crippen molar-refractivity contribution in [2.45, 2.75) is 18.9 Å². The van der Waals surface area contributed by atoms with Crippen molar-refractivity contribution in [1.82, 2.24) is 10.3 Å². The molecule has 7 heteroatoms. The second-order valence-electron chi connectivity index (χ2n) is 6.09. The summed E-state index contributed by atoms with van der Waals surface area (Å²) in [6.07, 6.45) is 2.13. The fraction of sp³-hybridized carbons (Fsp3) is 0.333. The summed E-state index contributed by atoms with van der Waals surface area (Å²) in [5, 5.41) is 4.65. The number of nitrogens with two attached hydrogens (primary N) is 1. The molecule has 1 atom stereocenters. The number of ether oxygens (including phenoxy) is 2. The van der Waals surface area contributed by atoms with E-state index in [-0.39, 0.29) is 12.0 Å². The first-order valence-electron chi connectivity index (χ1n) is 8.22. The van der Waals surface area contributed by atoms with Crippen LogP contribution < -0.4 is 15.8 Å². The lowest BCUT2D eigenvalue weighted by Crippen LogP contribution is -2.31. The van der Waals surface area contributed by atoms with E-state index >= 15 is 0 Å². The van der Waals surface area contributed by atoms with Crippen LogP contribution in [0.4, 0.5) is 5.69 Å². The molecule has 0 aliphatic carbocycles. The summed E-state index contributed by atoms with van der Waals surface area (Å²) in [6.45, 7) is 1.28. The van der Waals surface area contributed by atoms with E-state index < -0.39 is 0 Å². The smallest absolute Gasteiger partial charge is 0.263 e. The first-order valence-corrected chi connectivity index (χ1v) is 9.04. The lowest BCUT2D eigenvalue weighted by atomic mass is 10.1. The summed E-state index contributed by atoms with van der Waals surface area (Å²) in [5.74, 6) is 0.592. The number of rotatable bonds is 4. The van der Waals surface area contributed by atoms with Crippen LogP contribution in [0, 0.1) is 0 Å². The maximum Gasteiger partial charge on any atom is 0.263 e. The van der Waals surface area contributed by atoms with Gasteiger partial charge in [-0.3, -0.25) is 4.79 Å². The van der Waals surface area contributed by atoms with E-state index in [1.807, 2.05) is 24.3 Å². The second-order valence-corrected chi connectivity index (χ2v) is 7.09. The molecule has 0 bridgehead atoms. The van der Waals surface area contributed by atoms with Gasteiger partial charge in [0.2, 0.25) is 0 Å². The molecule has 1 aromatic carbocycles. The number of anilines is 1. The summed E-state index contributed by atoms with van der Waals surface area (Å²) >= 11 is 1.32. The molecular weight excluding hydrogens is 338 g/mol. The van der Waals surface area contributed by atoms with E-state index in [0.717, 1.165) is 46.3 Å². The molecule has 130 valence electrons. The molecule has 0 spiro atoms. The number of thiophene rings is 1. The SMILES string of the molecule is COc1ccc2nc3sc(C(=O)NC[C@H]4CCCO4)c(N)c3cc2c1. The number of hydrogen-bond donors (Lipinski definition) is 2. The Labute approximate surface area is 148 Å². The van der Waals surface area contributed by atoms with E-state index in [0.29, 0.717) is 17.1 Å². The normalized spacial score (nSPS) is 17.2. The highest BCUT2D eigenvalue weighted by Gasteiger charge is 2.21. The van der Waals surface area contributed by atoms with Crippen LogP contribution in [0.15, 0.2) is 24.3 Å². The van der Waals surface area contributed by atoms with Crippen LogP contribution >= 0.6 is 11.3 Å². The monoisotopic (exact) mass is 357 g/mol. The maximum atomic E-state index is 12.5. The van der Waals surface area contributed by atoms with Gasteiger partial charge in [-0.05, 0) is 37.1 Å². The van der Waals surface area contributed by atoms with Gasteiger partial charge in [0.1, 0.15) is 15.5 Å². The molecule has 1 saturated heterocycles. The van der Waals surface area contributed by atoms with Crippen LogP contribution in [-0.4, -0.2) is 37.3 Å². The molecular formula is C18H19N3O3S. The lowest BCUT2D eigenvalue weighted by Gasteiger charge is -2.10. The third-order valence-electron chi connectivity index (χ3n) is 4.44. The minimum absolute atomic E-state index is 0.104. The minimum Gasteiger partial charge on any atom is -0.497 e. The first kappa shape index (κ1) is 16.1. The lowest BCUT2D eigenvalue weighted by molar-refractivity contribution is 0.0862. The van der Waals surface area contributed by atoms with Gasteiger partial charge in [-0.15, -0.1) is 11.3 Å². The molecule has 25 heavy (non-hydrogen) atoms. The van der Waals surface area contributed by atoms with Crippen molar-refractivity contribution in [3.05, 3.63) is 29.1 Å². The van der Waals surface area contributed by atoms with E-state index in [2.05, 4.69) is 10.3 Å². The predicted molar refractivity (Wildman–Crippen MR) is 99.4 cm³/mol. The molecule has 0 radical (unpaired) electrons. The molecule has 6 nitrogen and oxygen atoms in total. The first-order chi connectivity index (χ1) is 12.2. The highest BCUT2D eigenvalue weighted by atomic mass is 32.1. The number of carbonyl (C=O) groups is 1. The molecule has 4 rings (SSSR count). The third kappa shape index (κ3) is 3.01. The highest BCUT2D eigenvalue weighted by molar-refractivity contribution is 7.21. The van der Waals surface area contributed by atoms with Crippen molar-refractivity contribution in [2.75, 3.05) is 26.0 Å². The topological polar surface area (TPSA) is 86.5 Å². The Morgan fingerprint density at radius 3 is 3.12 bits per heavy atom. The quantitative estimate of drug-likeness (QED) is 0.750. The van der Waals surface area contributed by atoms with Gasteiger partial charge in [-0.1, -0.05) is 0 Å². The van der Waals surface area contributed by atoms with Crippen LogP contribution in [0.25, 0.3) is 21.1 Å². The number of amides is 1. The fourth-order valence-electron chi connectivity index (χ4n) is 3.07. The van der Waals surface area contributed by atoms with Crippen molar-refractivity contribution >= 4 is 44.1 Å². The molecule has 2 aromatic heterocycles. The minimum atomic E-state index is -0.169. The van der Waals surface area contributed by atoms with Crippen molar-refractivity contribution in [1.29, 1.82) is 0 Å². The average Bonchev–Trinajstić information content (AvgIpc) is 3.26. The summed E-state index contributed by atoms with van der Waals surface area (Å²) in [4.78, 5) is 18.4. The molecule has 0 saturated carbocycles. The molecule has 1 aliphatic rings. The Hall–Kier alpha value is -2.38. The van der Waals surface area contributed by atoms with Crippen LogP contribution in [0.2, 0.25) is 0 Å². The van der Waals surface area contributed by atoms with Gasteiger partial charge < -0.3 is 20.5 Å². The van der Waals surface area contributed by atoms with Crippen molar-refractivity contribution in [3.8, 4) is 5.75 Å². The zero-order valence-corrected chi connectivity index (χ0v) is 14.7. The third-order valence-corrected chi connectivity index (χ3v) is 5.55. The molecule has 1 amide bonds. The Morgan fingerprint density at radius 1 is 1.48 bits per heavy atom. The molecule has 3 N–H and O–H groups in total. The maximum absolute atomic E-state index is 12.5. The number of aromatic nitrogens is 1. The molecule has 1 fully saturated rings. The van der Waals surface area contributed by atoms with E-state index in [1.165, 1.54) is 11.3 Å². The van der Waals surface area contributed by atoms with E-state index in [4.69, 9.17) is 15.2 Å². The number of carbonyl (C=O) groups excluding carboxylic acids is 1.